The van der Waals surface area contributed by atoms with Crippen molar-refractivity contribution in [3.05, 3.63) is 23.8 Å². The largest absolute Gasteiger partial charge is 0.461 e. The van der Waals surface area contributed by atoms with Gasteiger partial charge in [0.05, 0.1) is 17.9 Å². The number of carbonyl (C=O) groups excluding carboxylic acids is 7. The number of hydrogen-bond donors (Lipinski definition) is 1. The Hall–Kier alpha value is -4.31. The predicted molar refractivity (Wildman–Crippen MR) is 183 cm³/mol. The topological polar surface area (TPSA) is 217 Å². The molecule has 11 atom stereocenters. The van der Waals surface area contributed by atoms with Crippen LogP contribution in [0.5, 0.6) is 0 Å². The Balaban J connectivity index is 2.15. The summed E-state index contributed by atoms with van der Waals surface area (Å²) in [7, 11) is 0. The fourth-order valence-electron chi connectivity index (χ4n) is 7.97. The highest BCUT2D eigenvalue weighted by atomic mass is 16.7. The van der Waals surface area contributed by atoms with E-state index in [9.17, 15) is 38.7 Å². The number of fused-ring (bicyclic) bond motifs is 3. The van der Waals surface area contributed by atoms with Crippen molar-refractivity contribution >= 4 is 41.8 Å². The van der Waals surface area contributed by atoms with E-state index >= 15 is 0 Å². The summed E-state index contributed by atoms with van der Waals surface area (Å²) < 4.78 is 47.4. The first-order chi connectivity index (χ1) is 25.1. The zero-order valence-electron chi connectivity index (χ0n) is 32.4. The van der Waals surface area contributed by atoms with Gasteiger partial charge in [-0.3, -0.25) is 33.6 Å². The molecule has 1 saturated carbocycles. The normalized spacial score (nSPS) is 37.1. The first-order valence-corrected chi connectivity index (χ1v) is 18.1. The molecule has 2 saturated heterocycles. The van der Waals surface area contributed by atoms with E-state index in [-0.39, 0.29) is 43.5 Å². The van der Waals surface area contributed by atoms with Crippen molar-refractivity contribution in [3.63, 3.8) is 0 Å². The Morgan fingerprint density at radius 1 is 0.815 bits per heavy atom. The number of carbonyl (C=O) groups is 7. The molecule has 9 unspecified atom stereocenters. The van der Waals surface area contributed by atoms with E-state index in [1.807, 2.05) is 0 Å². The van der Waals surface area contributed by atoms with Gasteiger partial charge in [0.25, 0.3) is 0 Å². The van der Waals surface area contributed by atoms with Crippen molar-refractivity contribution in [2.24, 2.45) is 29.1 Å². The van der Waals surface area contributed by atoms with Crippen LogP contribution in [0.4, 0.5) is 0 Å². The molecule has 54 heavy (non-hydrogen) atoms. The maximum absolute atomic E-state index is 13.5. The molecular formula is C38H52O16. The summed E-state index contributed by atoms with van der Waals surface area (Å²) in [5, 5.41) is 13.0. The van der Waals surface area contributed by atoms with Crippen LogP contribution in [-0.4, -0.2) is 108 Å². The van der Waals surface area contributed by atoms with Crippen molar-refractivity contribution in [2.45, 2.75) is 130 Å². The molecule has 0 amide bonds. The molecule has 300 valence electrons. The lowest BCUT2D eigenvalue weighted by Crippen LogP contribution is -2.76. The zero-order chi connectivity index (χ0) is 40.5. The maximum Gasteiger partial charge on any atom is 0.312 e. The molecule has 0 aromatic carbocycles. The lowest BCUT2D eigenvalue weighted by Gasteiger charge is -2.59. The predicted octanol–water partition coefficient (Wildman–Crippen LogP) is 2.45. The molecule has 1 N–H and O–H groups in total. The van der Waals surface area contributed by atoms with Gasteiger partial charge in [-0.25, -0.2) is 0 Å². The van der Waals surface area contributed by atoms with E-state index in [0.717, 1.165) is 20.8 Å². The molecule has 0 aromatic rings. The third-order valence-corrected chi connectivity index (χ3v) is 10.3. The van der Waals surface area contributed by atoms with Gasteiger partial charge in [0.1, 0.15) is 24.4 Å². The standard InChI is InChI=1S/C38H52O16/c1-18(2)13-28(43)53-30-32(50-23(8)41)36(10)26(49-22(7)40)12-11-25(16-47-21(6)39)15-27-38(46,20(5)35(45)52-27)34(51-24(9)42)31(36)37(17-48-37)33(30)54-29(44)14-19(3)4/h11-12,15,18-20,26-27,30-34,46H,13-14,16-17H2,1-10H3/b12-11-,25-15+/t20?,26-,27?,30?,31?,32?,33?,34?,36+,37?,38?/m0/s1. The van der Waals surface area contributed by atoms with Crippen molar-refractivity contribution in [2.75, 3.05) is 13.2 Å². The maximum atomic E-state index is 13.5. The van der Waals surface area contributed by atoms with Gasteiger partial charge in [0.15, 0.2) is 30.0 Å². The van der Waals surface area contributed by atoms with Gasteiger partial charge in [-0.1, -0.05) is 40.7 Å². The van der Waals surface area contributed by atoms with Crippen LogP contribution >= 0.6 is 0 Å². The van der Waals surface area contributed by atoms with Crippen LogP contribution in [0.1, 0.15) is 82.1 Å². The van der Waals surface area contributed by atoms with Crippen molar-refractivity contribution in [1.29, 1.82) is 0 Å². The first kappa shape index (κ1) is 42.4. The van der Waals surface area contributed by atoms with Crippen LogP contribution in [0.2, 0.25) is 0 Å². The minimum absolute atomic E-state index is 0.0765. The summed E-state index contributed by atoms with van der Waals surface area (Å²) in [4.78, 5) is 91.6. The molecule has 16 nitrogen and oxygen atoms in total. The molecule has 1 spiro atoms. The van der Waals surface area contributed by atoms with Gasteiger partial charge >= 0.3 is 41.8 Å². The minimum Gasteiger partial charge on any atom is -0.461 e. The SMILES string of the molecule is CC(=O)OCC1=C/C2OC(=O)C(C)C2(O)C(OC(C)=O)C2C3(CO3)C(OC(=O)CC(C)C)C(OC(=O)CC(C)C)C(OC(C)=O)[C@]2(C)[C@@H](OC(C)=O)/C=C\1. The van der Waals surface area contributed by atoms with E-state index in [0.29, 0.717) is 0 Å². The fraction of sp³-hybridized carbons (Fsp3) is 0.711. The van der Waals surface area contributed by atoms with Crippen LogP contribution in [0.25, 0.3) is 0 Å². The fourth-order valence-corrected chi connectivity index (χ4v) is 7.97. The van der Waals surface area contributed by atoms with E-state index in [1.54, 1.807) is 27.7 Å². The Labute approximate surface area is 314 Å². The van der Waals surface area contributed by atoms with Crippen LogP contribution in [0.3, 0.4) is 0 Å². The van der Waals surface area contributed by atoms with Gasteiger partial charge in [-0.2, -0.15) is 0 Å². The second-order valence-corrected chi connectivity index (χ2v) is 15.6. The van der Waals surface area contributed by atoms with E-state index in [4.69, 9.17) is 37.9 Å². The van der Waals surface area contributed by atoms with Crippen LogP contribution < -0.4 is 0 Å². The number of esters is 7. The number of hydrogen-bond acceptors (Lipinski definition) is 16. The molecule has 0 aromatic heterocycles. The second kappa shape index (κ2) is 16.2. The van der Waals surface area contributed by atoms with Crippen molar-refractivity contribution in [1.82, 2.24) is 0 Å². The number of ether oxygens (including phenoxy) is 8. The average molecular weight is 765 g/mol. The van der Waals surface area contributed by atoms with E-state index in [1.165, 1.54) is 39.0 Å². The van der Waals surface area contributed by atoms with Gasteiger partial charge in [0.2, 0.25) is 0 Å². The summed E-state index contributed by atoms with van der Waals surface area (Å²) in [6.07, 6.45) is -5.66. The van der Waals surface area contributed by atoms with Crippen LogP contribution in [0, 0.1) is 29.1 Å². The lowest BCUT2D eigenvalue weighted by atomic mass is 9.51. The highest BCUT2D eigenvalue weighted by Crippen LogP contribution is 2.63. The minimum atomic E-state index is -2.44. The van der Waals surface area contributed by atoms with Crippen LogP contribution in [-0.2, 0) is 71.5 Å². The van der Waals surface area contributed by atoms with Crippen LogP contribution in [0.15, 0.2) is 23.8 Å². The zero-order valence-corrected chi connectivity index (χ0v) is 32.4. The number of epoxide rings is 1. The van der Waals surface area contributed by atoms with E-state index in [2.05, 4.69) is 0 Å². The summed E-state index contributed by atoms with van der Waals surface area (Å²) in [5.41, 5.74) is -5.93. The summed E-state index contributed by atoms with van der Waals surface area (Å²) >= 11 is 0. The number of rotatable bonds is 11. The van der Waals surface area contributed by atoms with E-state index < -0.39 is 107 Å². The molecule has 0 bridgehead atoms. The van der Waals surface area contributed by atoms with Gasteiger partial charge in [-0.05, 0) is 36.5 Å². The molecular weight excluding hydrogens is 712 g/mol. The van der Waals surface area contributed by atoms with Crippen molar-refractivity contribution in [3.8, 4) is 0 Å². The smallest absolute Gasteiger partial charge is 0.312 e. The highest BCUT2D eigenvalue weighted by Gasteiger charge is 2.81. The second-order valence-electron chi connectivity index (χ2n) is 15.6. The third kappa shape index (κ3) is 8.49. The third-order valence-electron chi connectivity index (χ3n) is 10.3. The Kier molecular flexibility index (Phi) is 12.7. The summed E-state index contributed by atoms with van der Waals surface area (Å²) in [5.74, 6) is -8.81. The Bertz CT molecular complexity index is 1570. The Morgan fingerprint density at radius 2 is 1.35 bits per heavy atom. The molecule has 2 aliphatic heterocycles. The van der Waals surface area contributed by atoms with Crippen molar-refractivity contribution < 1.29 is 76.6 Å². The molecule has 16 heteroatoms. The molecule has 4 aliphatic rings. The molecule has 4 rings (SSSR count). The first-order valence-electron chi connectivity index (χ1n) is 18.1. The molecule has 3 fully saturated rings. The average Bonchev–Trinajstić information content (AvgIpc) is 3.78. The Morgan fingerprint density at radius 3 is 1.85 bits per heavy atom. The molecule has 2 heterocycles. The van der Waals surface area contributed by atoms with Gasteiger partial charge in [0, 0.05) is 46.5 Å². The highest BCUT2D eigenvalue weighted by molar-refractivity contribution is 5.78. The monoisotopic (exact) mass is 764 g/mol. The van der Waals surface area contributed by atoms with Gasteiger partial charge in [-0.15, -0.1) is 0 Å². The summed E-state index contributed by atoms with van der Waals surface area (Å²) in [6, 6.07) is 0. The summed E-state index contributed by atoms with van der Waals surface area (Å²) in [6.45, 7) is 13.9. The van der Waals surface area contributed by atoms with Gasteiger partial charge < -0.3 is 43.0 Å². The molecule has 0 radical (unpaired) electrons. The lowest BCUT2D eigenvalue weighted by molar-refractivity contribution is -0.280. The number of aliphatic hydroxyl groups is 1. The quantitative estimate of drug-likeness (QED) is 0.182. The molecule has 2 aliphatic carbocycles.